The lowest BCUT2D eigenvalue weighted by molar-refractivity contribution is -0.136. The molecule has 154 valence electrons. The number of piperazine rings is 1. The Kier molecular flexibility index (Phi) is 7.38. The second-order valence-electron chi connectivity index (χ2n) is 6.31. The molecule has 1 fully saturated rings. The highest BCUT2D eigenvalue weighted by Crippen LogP contribution is 2.33. The van der Waals surface area contributed by atoms with Crippen LogP contribution in [-0.2, 0) is 19.1 Å². The number of carbonyl (C=O) groups is 4. The van der Waals surface area contributed by atoms with Gasteiger partial charge in [-0.3, -0.25) is 9.59 Å². The van der Waals surface area contributed by atoms with Crippen molar-refractivity contribution >= 4 is 40.2 Å². The maximum atomic E-state index is 12.5. The predicted octanol–water partition coefficient (Wildman–Crippen LogP) is 1.78. The second kappa shape index (κ2) is 9.54. The summed E-state index contributed by atoms with van der Waals surface area (Å²) in [5, 5.41) is 3.05. The first-order valence-corrected chi connectivity index (χ1v) is 9.80. The monoisotopic (exact) mass is 411 g/mol. The Morgan fingerprint density at radius 3 is 2.21 bits per heavy atom. The fourth-order valence-corrected chi connectivity index (χ4v) is 3.86. The van der Waals surface area contributed by atoms with Crippen LogP contribution in [0.2, 0.25) is 0 Å². The molecular formula is C18H25N3O6S. The molecule has 3 amide bonds. The molecule has 0 saturated carbocycles. The van der Waals surface area contributed by atoms with Crippen LogP contribution in [0.15, 0.2) is 0 Å². The van der Waals surface area contributed by atoms with Gasteiger partial charge < -0.3 is 24.6 Å². The minimum absolute atomic E-state index is 0.276. The van der Waals surface area contributed by atoms with Gasteiger partial charge in [-0.25, -0.2) is 9.59 Å². The van der Waals surface area contributed by atoms with E-state index in [1.54, 1.807) is 18.7 Å². The van der Waals surface area contributed by atoms with E-state index in [1.165, 1.54) is 23.2 Å². The normalized spacial score (nSPS) is 13.9. The third-order valence-electron chi connectivity index (χ3n) is 4.36. The van der Waals surface area contributed by atoms with Gasteiger partial charge in [-0.1, -0.05) is 0 Å². The molecule has 1 aliphatic rings. The molecule has 10 heteroatoms. The van der Waals surface area contributed by atoms with E-state index in [4.69, 9.17) is 9.47 Å². The molecule has 0 aliphatic carbocycles. The van der Waals surface area contributed by atoms with Gasteiger partial charge in [0.15, 0.2) is 6.61 Å². The van der Waals surface area contributed by atoms with Crippen molar-refractivity contribution in [2.75, 3.05) is 44.7 Å². The van der Waals surface area contributed by atoms with Crippen molar-refractivity contribution in [2.45, 2.75) is 27.7 Å². The summed E-state index contributed by atoms with van der Waals surface area (Å²) in [7, 11) is 0. The molecule has 0 unspecified atom stereocenters. The average Bonchev–Trinajstić information content (AvgIpc) is 2.92. The van der Waals surface area contributed by atoms with Gasteiger partial charge in [0.05, 0.1) is 12.2 Å². The van der Waals surface area contributed by atoms with E-state index < -0.39 is 18.7 Å². The second-order valence-corrected chi connectivity index (χ2v) is 7.54. The predicted molar refractivity (Wildman–Crippen MR) is 104 cm³/mol. The number of thiophene rings is 1. The van der Waals surface area contributed by atoms with Crippen molar-refractivity contribution in [1.29, 1.82) is 0 Å². The SMILES string of the molecule is CCOC(=O)N1CCN(C(=O)COC(=O)c2c(NC(C)=O)sc(C)c2C)CC1. The van der Waals surface area contributed by atoms with Crippen molar-refractivity contribution in [3.05, 3.63) is 16.0 Å². The minimum atomic E-state index is -0.649. The topological polar surface area (TPSA) is 105 Å². The molecule has 28 heavy (non-hydrogen) atoms. The number of amides is 3. The summed E-state index contributed by atoms with van der Waals surface area (Å²) in [5.41, 5.74) is 0.992. The fraction of sp³-hybridized carbons (Fsp3) is 0.556. The van der Waals surface area contributed by atoms with Crippen molar-refractivity contribution in [3.8, 4) is 0 Å². The summed E-state index contributed by atoms with van der Waals surface area (Å²) in [6, 6.07) is 0. The van der Waals surface area contributed by atoms with Crippen molar-refractivity contribution in [2.24, 2.45) is 0 Å². The van der Waals surface area contributed by atoms with Crippen LogP contribution in [0.4, 0.5) is 9.80 Å². The smallest absolute Gasteiger partial charge is 0.409 e. The third kappa shape index (κ3) is 5.22. The van der Waals surface area contributed by atoms with Crippen LogP contribution in [-0.4, -0.2) is 73.1 Å². The zero-order valence-electron chi connectivity index (χ0n) is 16.5. The number of esters is 1. The lowest BCUT2D eigenvalue weighted by Crippen LogP contribution is -2.51. The lowest BCUT2D eigenvalue weighted by atomic mass is 10.1. The number of aryl methyl sites for hydroxylation is 1. The summed E-state index contributed by atoms with van der Waals surface area (Å²) in [6.07, 6.45) is -0.394. The molecule has 0 radical (unpaired) electrons. The van der Waals surface area contributed by atoms with E-state index in [-0.39, 0.29) is 17.4 Å². The van der Waals surface area contributed by atoms with Crippen LogP contribution in [0.5, 0.6) is 0 Å². The molecule has 1 aromatic heterocycles. The van der Waals surface area contributed by atoms with Crippen LogP contribution in [0.25, 0.3) is 0 Å². The van der Waals surface area contributed by atoms with E-state index in [2.05, 4.69) is 5.32 Å². The first-order chi connectivity index (χ1) is 13.2. The number of ether oxygens (including phenoxy) is 2. The van der Waals surface area contributed by atoms with Crippen LogP contribution in [0.1, 0.15) is 34.6 Å². The van der Waals surface area contributed by atoms with E-state index in [9.17, 15) is 19.2 Å². The maximum Gasteiger partial charge on any atom is 0.409 e. The summed E-state index contributed by atoms with van der Waals surface area (Å²) in [4.78, 5) is 51.8. The van der Waals surface area contributed by atoms with E-state index in [0.29, 0.717) is 43.4 Å². The highest BCUT2D eigenvalue weighted by molar-refractivity contribution is 7.16. The highest BCUT2D eigenvalue weighted by Gasteiger charge is 2.27. The Bertz CT molecular complexity index is 768. The quantitative estimate of drug-likeness (QED) is 0.741. The zero-order valence-corrected chi connectivity index (χ0v) is 17.3. The fourth-order valence-electron chi connectivity index (χ4n) is 2.76. The number of rotatable bonds is 5. The molecule has 2 rings (SSSR count). The zero-order chi connectivity index (χ0) is 20.8. The molecule has 0 bridgehead atoms. The molecule has 1 N–H and O–H groups in total. The van der Waals surface area contributed by atoms with Gasteiger partial charge in [0.25, 0.3) is 5.91 Å². The average molecular weight is 411 g/mol. The molecule has 9 nitrogen and oxygen atoms in total. The third-order valence-corrected chi connectivity index (χ3v) is 5.49. The minimum Gasteiger partial charge on any atom is -0.452 e. The Morgan fingerprint density at radius 2 is 1.64 bits per heavy atom. The number of carbonyl (C=O) groups excluding carboxylic acids is 4. The summed E-state index contributed by atoms with van der Waals surface area (Å²) in [5.74, 6) is -1.27. The molecule has 1 aromatic rings. The highest BCUT2D eigenvalue weighted by atomic mass is 32.1. The number of anilines is 1. The number of hydrogen-bond acceptors (Lipinski definition) is 7. The Balaban J connectivity index is 1.91. The van der Waals surface area contributed by atoms with Crippen LogP contribution in [0, 0.1) is 13.8 Å². The van der Waals surface area contributed by atoms with Crippen LogP contribution < -0.4 is 5.32 Å². The first kappa shape index (κ1) is 21.7. The van der Waals surface area contributed by atoms with Crippen molar-refractivity contribution in [3.63, 3.8) is 0 Å². The lowest BCUT2D eigenvalue weighted by Gasteiger charge is -2.33. The summed E-state index contributed by atoms with van der Waals surface area (Å²) in [6.45, 7) is 8.05. The number of nitrogens with one attached hydrogen (secondary N) is 1. The van der Waals surface area contributed by atoms with Gasteiger partial charge in [-0.15, -0.1) is 11.3 Å². The van der Waals surface area contributed by atoms with Crippen molar-refractivity contribution in [1.82, 2.24) is 9.80 Å². The van der Waals surface area contributed by atoms with Gasteiger partial charge in [-0.2, -0.15) is 0 Å². The van der Waals surface area contributed by atoms with E-state index in [0.717, 1.165) is 4.88 Å². The maximum absolute atomic E-state index is 12.5. The summed E-state index contributed by atoms with van der Waals surface area (Å²) < 4.78 is 10.1. The molecule has 1 aliphatic heterocycles. The molecule has 2 heterocycles. The van der Waals surface area contributed by atoms with Crippen LogP contribution >= 0.6 is 11.3 Å². The number of nitrogens with zero attached hydrogens (tertiary/aromatic N) is 2. The standard InChI is InChI=1S/C18H25N3O6S/c1-5-26-18(25)21-8-6-20(7-9-21)14(23)10-27-17(24)15-11(2)12(3)28-16(15)19-13(4)22/h5-10H2,1-4H3,(H,19,22). The van der Waals surface area contributed by atoms with Gasteiger partial charge in [0, 0.05) is 38.0 Å². The van der Waals surface area contributed by atoms with Gasteiger partial charge in [-0.05, 0) is 26.3 Å². The van der Waals surface area contributed by atoms with Crippen molar-refractivity contribution < 1.29 is 28.7 Å². The number of hydrogen-bond donors (Lipinski definition) is 1. The summed E-state index contributed by atoms with van der Waals surface area (Å²) >= 11 is 1.29. The molecule has 1 saturated heterocycles. The van der Waals surface area contributed by atoms with Gasteiger partial charge >= 0.3 is 12.1 Å². The molecular weight excluding hydrogens is 386 g/mol. The first-order valence-electron chi connectivity index (χ1n) is 8.98. The molecule has 0 aromatic carbocycles. The molecule has 0 atom stereocenters. The largest absolute Gasteiger partial charge is 0.452 e. The van der Waals surface area contributed by atoms with E-state index in [1.807, 2.05) is 6.92 Å². The molecule has 0 spiro atoms. The Labute approximate surface area is 167 Å². The van der Waals surface area contributed by atoms with Gasteiger partial charge in [0.1, 0.15) is 5.00 Å². The van der Waals surface area contributed by atoms with Crippen LogP contribution in [0.3, 0.4) is 0 Å². The Morgan fingerprint density at radius 1 is 1.04 bits per heavy atom. The van der Waals surface area contributed by atoms with Gasteiger partial charge in [0.2, 0.25) is 5.91 Å². The Hall–Kier alpha value is -2.62. The van der Waals surface area contributed by atoms with E-state index >= 15 is 0 Å².